The number of carbonyl (C=O) groups excluding carboxylic acids is 1. The van der Waals surface area contributed by atoms with Crippen LogP contribution in [0.15, 0.2) is 29.6 Å². The summed E-state index contributed by atoms with van der Waals surface area (Å²) in [4.78, 5) is 15.9. The number of aromatic nitrogens is 1. The molecule has 94 valence electrons. The molecule has 5 heteroatoms. The molecular formula is C13H12ClNO2S. The van der Waals surface area contributed by atoms with E-state index >= 15 is 0 Å². The number of hydrogen-bond donors (Lipinski definition) is 0. The van der Waals surface area contributed by atoms with Crippen molar-refractivity contribution in [2.75, 3.05) is 6.61 Å². The average molecular weight is 282 g/mol. The average Bonchev–Trinajstić information content (AvgIpc) is 2.74. The molecule has 0 radical (unpaired) electrons. The van der Waals surface area contributed by atoms with Crippen molar-refractivity contribution in [3.05, 3.63) is 45.4 Å². The highest BCUT2D eigenvalue weighted by Gasteiger charge is 2.07. The van der Waals surface area contributed by atoms with E-state index < -0.39 is 0 Å². The summed E-state index contributed by atoms with van der Waals surface area (Å²) < 4.78 is 5.37. The number of ketones is 1. The molecule has 0 N–H and O–H groups in total. The molecule has 1 heterocycles. The molecule has 18 heavy (non-hydrogen) atoms. The molecule has 0 aliphatic carbocycles. The lowest BCUT2D eigenvalue weighted by atomic mass is 10.2. The Kier molecular flexibility index (Phi) is 4.33. The third-order valence-corrected chi connectivity index (χ3v) is 3.33. The van der Waals surface area contributed by atoms with Gasteiger partial charge in [0.1, 0.15) is 12.4 Å². The summed E-state index contributed by atoms with van der Waals surface area (Å²) in [6.07, 6.45) is 0.317. The van der Waals surface area contributed by atoms with Gasteiger partial charge in [0.25, 0.3) is 0 Å². The Bertz CT molecular complexity index is 536. The first kappa shape index (κ1) is 13.1. The molecule has 0 aliphatic heterocycles. The van der Waals surface area contributed by atoms with Crippen molar-refractivity contribution < 1.29 is 9.53 Å². The van der Waals surface area contributed by atoms with Crippen molar-refractivity contribution >= 4 is 28.7 Å². The molecule has 0 bridgehead atoms. The quantitative estimate of drug-likeness (QED) is 0.844. The predicted octanol–water partition coefficient (Wildman–Crippen LogP) is 3.30. The fourth-order valence-corrected chi connectivity index (χ4v) is 2.18. The Hall–Kier alpha value is -1.39. The van der Waals surface area contributed by atoms with Crippen molar-refractivity contribution in [2.24, 2.45) is 0 Å². The minimum Gasteiger partial charge on any atom is -0.486 e. The summed E-state index contributed by atoms with van der Waals surface area (Å²) in [6.45, 7) is 1.97. The highest BCUT2D eigenvalue weighted by molar-refractivity contribution is 7.09. The van der Waals surface area contributed by atoms with E-state index in [0.29, 0.717) is 17.2 Å². The minimum absolute atomic E-state index is 0.00949. The van der Waals surface area contributed by atoms with Gasteiger partial charge in [0.2, 0.25) is 0 Å². The monoisotopic (exact) mass is 281 g/mol. The van der Waals surface area contributed by atoms with Gasteiger partial charge >= 0.3 is 0 Å². The zero-order chi connectivity index (χ0) is 13.0. The second kappa shape index (κ2) is 5.98. The number of ether oxygens (including phenoxy) is 1. The van der Waals surface area contributed by atoms with Crippen LogP contribution in [0.1, 0.15) is 10.7 Å². The van der Waals surface area contributed by atoms with Crippen LogP contribution in [0.2, 0.25) is 5.02 Å². The van der Waals surface area contributed by atoms with Crippen molar-refractivity contribution in [1.82, 2.24) is 4.98 Å². The number of nitrogens with zero attached hydrogens (tertiary/aromatic N) is 1. The van der Waals surface area contributed by atoms with Gasteiger partial charge in [0, 0.05) is 10.4 Å². The van der Waals surface area contributed by atoms with Crippen LogP contribution in [-0.4, -0.2) is 17.4 Å². The molecule has 0 amide bonds. The predicted molar refractivity (Wildman–Crippen MR) is 72.5 cm³/mol. The van der Waals surface area contributed by atoms with Crippen molar-refractivity contribution in [3.8, 4) is 5.75 Å². The summed E-state index contributed by atoms with van der Waals surface area (Å²) in [5.41, 5.74) is 0.808. The second-order valence-electron chi connectivity index (χ2n) is 3.82. The second-order valence-corrected chi connectivity index (χ2v) is 5.31. The molecule has 1 aromatic heterocycles. The van der Waals surface area contributed by atoms with E-state index in [1.807, 2.05) is 12.3 Å². The highest BCUT2D eigenvalue weighted by atomic mass is 35.5. The maximum Gasteiger partial charge on any atom is 0.176 e. The van der Waals surface area contributed by atoms with Crippen LogP contribution in [0.25, 0.3) is 0 Å². The van der Waals surface area contributed by atoms with Gasteiger partial charge in [-0.1, -0.05) is 11.6 Å². The number of halogens is 1. The lowest BCUT2D eigenvalue weighted by molar-refractivity contribution is -0.120. The Morgan fingerprint density at radius 2 is 2.11 bits per heavy atom. The molecule has 0 unspecified atom stereocenters. The molecule has 0 atom stereocenters. The smallest absolute Gasteiger partial charge is 0.176 e. The van der Waals surface area contributed by atoms with Crippen LogP contribution in [0, 0.1) is 6.92 Å². The largest absolute Gasteiger partial charge is 0.486 e. The molecule has 0 saturated carbocycles. The van der Waals surface area contributed by atoms with Crippen LogP contribution in [0.5, 0.6) is 5.75 Å². The summed E-state index contributed by atoms with van der Waals surface area (Å²) in [6, 6.07) is 6.93. The summed E-state index contributed by atoms with van der Waals surface area (Å²) in [5.74, 6) is 0.650. The number of Topliss-reactive ketones (excluding diaryl/α,β-unsaturated/α-hetero) is 1. The maximum atomic E-state index is 11.7. The van der Waals surface area contributed by atoms with E-state index in [9.17, 15) is 4.79 Å². The van der Waals surface area contributed by atoms with E-state index in [1.54, 1.807) is 35.6 Å². The van der Waals surface area contributed by atoms with Crippen LogP contribution in [-0.2, 0) is 11.2 Å². The van der Waals surface area contributed by atoms with Crippen molar-refractivity contribution in [3.63, 3.8) is 0 Å². The zero-order valence-corrected chi connectivity index (χ0v) is 11.4. The van der Waals surface area contributed by atoms with Crippen LogP contribution < -0.4 is 4.74 Å². The normalized spacial score (nSPS) is 10.3. The number of rotatable bonds is 5. The molecule has 0 fully saturated rings. The van der Waals surface area contributed by atoms with Gasteiger partial charge in [-0.2, -0.15) is 0 Å². The fraction of sp³-hybridized carbons (Fsp3) is 0.231. The van der Waals surface area contributed by atoms with Gasteiger partial charge < -0.3 is 4.74 Å². The van der Waals surface area contributed by atoms with Crippen LogP contribution in [0.4, 0.5) is 0 Å². The Labute approximate surface area is 114 Å². The Balaban J connectivity index is 1.83. The summed E-state index contributed by atoms with van der Waals surface area (Å²) in [7, 11) is 0. The number of thiazole rings is 1. The highest BCUT2D eigenvalue weighted by Crippen LogP contribution is 2.15. The number of aryl methyl sites for hydroxylation is 1. The number of hydrogen-bond acceptors (Lipinski definition) is 4. The lowest BCUT2D eigenvalue weighted by Crippen LogP contribution is -2.14. The number of benzene rings is 1. The molecule has 2 rings (SSSR count). The molecule has 1 aromatic carbocycles. The van der Waals surface area contributed by atoms with E-state index in [0.717, 1.165) is 10.7 Å². The molecule has 0 spiro atoms. The van der Waals surface area contributed by atoms with Gasteiger partial charge in [0.15, 0.2) is 5.78 Å². The minimum atomic E-state index is 0.00949. The first-order chi connectivity index (χ1) is 8.63. The van der Waals surface area contributed by atoms with Gasteiger partial charge in [-0.15, -0.1) is 11.3 Å². The standard InChI is InChI=1S/C13H12ClNO2S/c1-9-15-11(8-18-9)6-12(16)7-17-13-4-2-10(14)3-5-13/h2-5,8H,6-7H2,1H3. The first-order valence-electron chi connectivity index (χ1n) is 5.44. The van der Waals surface area contributed by atoms with Crippen molar-refractivity contribution in [2.45, 2.75) is 13.3 Å². The number of carbonyl (C=O) groups is 1. The van der Waals surface area contributed by atoms with Gasteiger partial charge in [0.05, 0.1) is 17.1 Å². The third kappa shape index (κ3) is 3.82. The zero-order valence-electron chi connectivity index (χ0n) is 9.85. The van der Waals surface area contributed by atoms with Crippen LogP contribution >= 0.6 is 22.9 Å². The topological polar surface area (TPSA) is 39.2 Å². The fourth-order valence-electron chi connectivity index (χ4n) is 1.44. The van der Waals surface area contributed by atoms with Gasteiger partial charge in [-0.3, -0.25) is 4.79 Å². The van der Waals surface area contributed by atoms with E-state index in [1.165, 1.54) is 0 Å². The maximum absolute atomic E-state index is 11.7. The van der Waals surface area contributed by atoms with E-state index in [-0.39, 0.29) is 12.4 Å². The van der Waals surface area contributed by atoms with Gasteiger partial charge in [-0.05, 0) is 31.2 Å². The Morgan fingerprint density at radius 3 is 2.72 bits per heavy atom. The SMILES string of the molecule is Cc1nc(CC(=O)COc2ccc(Cl)cc2)cs1. The molecule has 0 saturated heterocycles. The Morgan fingerprint density at radius 1 is 1.39 bits per heavy atom. The first-order valence-corrected chi connectivity index (χ1v) is 6.70. The third-order valence-electron chi connectivity index (χ3n) is 2.26. The molecule has 3 nitrogen and oxygen atoms in total. The van der Waals surface area contributed by atoms with E-state index in [4.69, 9.17) is 16.3 Å². The van der Waals surface area contributed by atoms with Crippen LogP contribution in [0.3, 0.4) is 0 Å². The summed E-state index contributed by atoms with van der Waals surface area (Å²) >= 11 is 7.30. The molecule has 0 aliphatic rings. The summed E-state index contributed by atoms with van der Waals surface area (Å²) in [5, 5.41) is 3.51. The van der Waals surface area contributed by atoms with Crippen molar-refractivity contribution in [1.29, 1.82) is 0 Å². The van der Waals surface area contributed by atoms with E-state index in [2.05, 4.69) is 4.98 Å². The lowest BCUT2D eigenvalue weighted by Gasteiger charge is -2.04. The molecule has 2 aromatic rings. The molecular weight excluding hydrogens is 270 g/mol. The van der Waals surface area contributed by atoms with Gasteiger partial charge in [-0.25, -0.2) is 4.98 Å².